The van der Waals surface area contributed by atoms with E-state index in [9.17, 15) is 8.42 Å². The molecule has 0 atom stereocenters. The van der Waals surface area contributed by atoms with E-state index in [-0.39, 0.29) is 24.5 Å². The number of sulfonamides is 1. The summed E-state index contributed by atoms with van der Waals surface area (Å²) in [4.78, 5) is 0.191. The number of nitrogens with zero attached hydrogens (tertiary/aromatic N) is 2. The third-order valence-corrected chi connectivity index (χ3v) is 4.58. The van der Waals surface area contributed by atoms with Crippen molar-refractivity contribution in [1.29, 1.82) is 5.26 Å². The van der Waals surface area contributed by atoms with Crippen LogP contribution in [0.25, 0.3) is 0 Å². The van der Waals surface area contributed by atoms with Crippen molar-refractivity contribution in [2.24, 2.45) is 0 Å². The fourth-order valence-corrected chi connectivity index (χ4v) is 3.26. The molecular formula is C13H18N2O3S. The molecule has 0 bridgehead atoms. The molecule has 0 saturated carbocycles. The second-order valence-electron chi connectivity index (χ2n) is 4.11. The first-order valence-electron chi connectivity index (χ1n) is 6.13. The van der Waals surface area contributed by atoms with Crippen molar-refractivity contribution in [2.75, 3.05) is 19.7 Å². The Morgan fingerprint density at radius 2 is 1.89 bits per heavy atom. The Morgan fingerprint density at radius 3 is 2.37 bits per heavy atom. The van der Waals surface area contributed by atoms with Crippen LogP contribution >= 0.6 is 0 Å². The van der Waals surface area contributed by atoms with Gasteiger partial charge in [-0.15, -0.1) is 0 Å². The quantitative estimate of drug-likeness (QED) is 0.813. The maximum Gasteiger partial charge on any atom is 0.243 e. The lowest BCUT2D eigenvalue weighted by atomic mass is 10.2. The van der Waals surface area contributed by atoms with Gasteiger partial charge in [0.05, 0.1) is 24.0 Å². The average molecular weight is 282 g/mol. The van der Waals surface area contributed by atoms with Crippen LogP contribution in [0.4, 0.5) is 0 Å². The molecular weight excluding hydrogens is 264 g/mol. The minimum atomic E-state index is -3.57. The summed E-state index contributed by atoms with van der Waals surface area (Å²) in [7, 11) is -3.57. The van der Waals surface area contributed by atoms with E-state index in [1.54, 1.807) is 12.1 Å². The molecule has 0 spiro atoms. The molecule has 0 unspecified atom stereocenters. The fourth-order valence-electron chi connectivity index (χ4n) is 1.73. The van der Waals surface area contributed by atoms with Crippen molar-refractivity contribution >= 4 is 10.0 Å². The summed E-state index contributed by atoms with van der Waals surface area (Å²) in [5, 5.41) is 17.5. The first kappa shape index (κ1) is 15.6. The third kappa shape index (κ3) is 4.03. The molecule has 19 heavy (non-hydrogen) atoms. The van der Waals surface area contributed by atoms with Gasteiger partial charge in [-0.25, -0.2) is 8.42 Å². The Balaban J connectivity index is 3.00. The van der Waals surface area contributed by atoms with Crippen molar-refractivity contribution in [3.63, 3.8) is 0 Å². The van der Waals surface area contributed by atoms with Crippen LogP contribution in [-0.4, -0.2) is 37.5 Å². The number of aliphatic hydroxyl groups is 1. The van der Waals surface area contributed by atoms with E-state index in [0.29, 0.717) is 13.0 Å². The van der Waals surface area contributed by atoms with Crippen LogP contribution in [0.3, 0.4) is 0 Å². The summed E-state index contributed by atoms with van der Waals surface area (Å²) in [6, 6.07) is 8.29. The standard InChI is InChI=1S/C13H18N2O3S/c1-2-9-15(10-11-16)19(17,18)13-5-3-12(4-6-13)7-8-14/h3-6,16H,2,7,9-11H2,1H3. The minimum Gasteiger partial charge on any atom is -0.395 e. The summed E-state index contributed by atoms with van der Waals surface area (Å²) < 4.78 is 25.9. The molecule has 0 aliphatic carbocycles. The molecule has 0 aliphatic rings. The van der Waals surface area contributed by atoms with Crippen molar-refractivity contribution < 1.29 is 13.5 Å². The van der Waals surface area contributed by atoms with E-state index in [2.05, 4.69) is 0 Å². The number of aliphatic hydroxyl groups excluding tert-OH is 1. The third-order valence-electron chi connectivity index (χ3n) is 2.67. The van der Waals surface area contributed by atoms with Crippen LogP contribution in [0.5, 0.6) is 0 Å². The van der Waals surface area contributed by atoms with Crippen LogP contribution in [-0.2, 0) is 16.4 Å². The summed E-state index contributed by atoms with van der Waals surface area (Å²) in [5.41, 5.74) is 0.783. The van der Waals surface area contributed by atoms with Crippen LogP contribution in [0.2, 0.25) is 0 Å². The smallest absolute Gasteiger partial charge is 0.243 e. The van der Waals surface area contributed by atoms with E-state index >= 15 is 0 Å². The van der Waals surface area contributed by atoms with E-state index in [1.807, 2.05) is 13.0 Å². The van der Waals surface area contributed by atoms with Gasteiger partial charge in [0, 0.05) is 13.1 Å². The molecule has 5 nitrogen and oxygen atoms in total. The SMILES string of the molecule is CCCN(CCO)S(=O)(=O)c1ccc(CC#N)cc1. The highest BCUT2D eigenvalue weighted by Crippen LogP contribution is 2.16. The molecule has 104 valence electrons. The number of benzene rings is 1. The van der Waals surface area contributed by atoms with Crippen molar-refractivity contribution in [1.82, 2.24) is 4.31 Å². The van der Waals surface area contributed by atoms with E-state index < -0.39 is 10.0 Å². The number of nitriles is 1. The molecule has 6 heteroatoms. The van der Waals surface area contributed by atoms with Gasteiger partial charge in [0.1, 0.15) is 0 Å². The summed E-state index contributed by atoms with van der Waals surface area (Å²) in [5.74, 6) is 0. The van der Waals surface area contributed by atoms with Gasteiger partial charge in [0.25, 0.3) is 0 Å². The van der Waals surface area contributed by atoms with Gasteiger partial charge in [-0.05, 0) is 24.1 Å². The van der Waals surface area contributed by atoms with Crippen LogP contribution in [0.1, 0.15) is 18.9 Å². The highest BCUT2D eigenvalue weighted by Gasteiger charge is 2.22. The van der Waals surface area contributed by atoms with Crippen LogP contribution < -0.4 is 0 Å². The monoisotopic (exact) mass is 282 g/mol. The first-order valence-corrected chi connectivity index (χ1v) is 7.57. The topological polar surface area (TPSA) is 81.4 Å². The van der Waals surface area contributed by atoms with Gasteiger partial charge in [-0.3, -0.25) is 0 Å². The van der Waals surface area contributed by atoms with Gasteiger partial charge >= 0.3 is 0 Å². The predicted octanol–water partition coefficient (Wildman–Crippen LogP) is 1.15. The zero-order valence-corrected chi connectivity index (χ0v) is 11.7. The van der Waals surface area contributed by atoms with Crippen molar-refractivity contribution in [3.05, 3.63) is 29.8 Å². The lowest BCUT2D eigenvalue weighted by Gasteiger charge is -2.20. The maximum atomic E-state index is 12.3. The Kier molecular flexibility index (Phi) is 5.96. The summed E-state index contributed by atoms with van der Waals surface area (Å²) in [6.07, 6.45) is 0.946. The molecule has 0 radical (unpaired) electrons. The van der Waals surface area contributed by atoms with Gasteiger partial charge in [0.2, 0.25) is 10.0 Å². The summed E-state index contributed by atoms with van der Waals surface area (Å²) >= 11 is 0. The lowest BCUT2D eigenvalue weighted by molar-refractivity contribution is 0.253. The predicted molar refractivity (Wildman–Crippen MR) is 71.9 cm³/mol. The van der Waals surface area contributed by atoms with Gasteiger partial charge < -0.3 is 5.11 Å². The number of rotatable bonds is 7. The molecule has 1 aromatic rings. The highest BCUT2D eigenvalue weighted by atomic mass is 32.2. The molecule has 0 heterocycles. The first-order chi connectivity index (χ1) is 9.06. The van der Waals surface area contributed by atoms with Crippen molar-refractivity contribution in [3.8, 4) is 6.07 Å². The van der Waals surface area contributed by atoms with E-state index in [1.165, 1.54) is 16.4 Å². The average Bonchev–Trinajstić information content (AvgIpc) is 2.39. The number of hydrogen-bond donors (Lipinski definition) is 1. The van der Waals surface area contributed by atoms with E-state index in [0.717, 1.165) is 5.56 Å². The minimum absolute atomic E-state index is 0.0934. The Morgan fingerprint density at radius 1 is 1.26 bits per heavy atom. The van der Waals surface area contributed by atoms with Crippen LogP contribution in [0, 0.1) is 11.3 Å². The van der Waals surface area contributed by atoms with Crippen molar-refractivity contribution in [2.45, 2.75) is 24.7 Å². The maximum absolute atomic E-state index is 12.3. The second kappa shape index (κ2) is 7.24. The Hall–Kier alpha value is -1.42. The van der Waals surface area contributed by atoms with Gasteiger partial charge in [0.15, 0.2) is 0 Å². The number of hydrogen-bond acceptors (Lipinski definition) is 4. The van der Waals surface area contributed by atoms with E-state index in [4.69, 9.17) is 10.4 Å². The van der Waals surface area contributed by atoms with Crippen LogP contribution in [0.15, 0.2) is 29.2 Å². The molecule has 0 amide bonds. The summed E-state index contributed by atoms with van der Waals surface area (Å²) in [6.45, 7) is 2.15. The molecule has 0 saturated heterocycles. The largest absolute Gasteiger partial charge is 0.395 e. The molecule has 1 aromatic carbocycles. The fraction of sp³-hybridized carbons (Fsp3) is 0.462. The highest BCUT2D eigenvalue weighted by molar-refractivity contribution is 7.89. The van der Waals surface area contributed by atoms with Gasteiger partial charge in [-0.2, -0.15) is 9.57 Å². The zero-order chi connectivity index (χ0) is 14.3. The molecule has 1 rings (SSSR count). The zero-order valence-electron chi connectivity index (χ0n) is 10.9. The Labute approximate surface area is 114 Å². The molecule has 0 aliphatic heterocycles. The molecule has 0 fully saturated rings. The second-order valence-corrected chi connectivity index (χ2v) is 6.04. The molecule has 1 N–H and O–H groups in total. The lowest BCUT2D eigenvalue weighted by Crippen LogP contribution is -2.34. The van der Waals surface area contributed by atoms with Gasteiger partial charge in [-0.1, -0.05) is 19.1 Å². The molecule has 0 aromatic heterocycles. The Bertz CT molecular complexity index is 526. The normalized spacial score (nSPS) is 11.5.